The van der Waals surface area contributed by atoms with Crippen molar-refractivity contribution in [2.24, 2.45) is 0 Å². The molecule has 1 aliphatic carbocycles. The SMILES string of the molecule is CCCc1ccc(-c2ccc(C3CCC(F)(CC)CC3)cc2)cc1. The van der Waals surface area contributed by atoms with Crippen molar-refractivity contribution in [1.29, 1.82) is 0 Å². The van der Waals surface area contributed by atoms with Gasteiger partial charge in [0.05, 0.1) is 0 Å². The molecule has 2 aromatic rings. The van der Waals surface area contributed by atoms with Crippen molar-refractivity contribution in [3.05, 3.63) is 59.7 Å². The smallest absolute Gasteiger partial charge is 0.110 e. The second-order valence-corrected chi connectivity index (χ2v) is 7.35. The van der Waals surface area contributed by atoms with Crippen molar-refractivity contribution in [2.45, 2.75) is 70.4 Å². The Labute approximate surface area is 146 Å². The van der Waals surface area contributed by atoms with E-state index in [0.717, 1.165) is 32.1 Å². The average Bonchev–Trinajstić information content (AvgIpc) is 2.64. The van der Waals surface area contributed by atoms with E-state index in [1.165, 1.54) is 28.7 Å². The Morgan fingerprint density at radius 2 is 1.42 bits per heavy atom. The van der Waals surface area contributed by atoms with Gasteiger partial charge in [0.15, 0.2) is 0 Å². The first kappa shape index (κ1) is 17.2. The van der Waals surface area contributed by atoms with Crippen LogP contribution in [0, 0.1) is 0 Å². The molecule has 128 valence electrons. The zero-order valence-electron chi connectivity index (χ0n) is 15.0. The maximum Gasteiger partial charge on any atom is 0.110 e. The highest BCUT2D eigenvalue weighted by atomic mass is 19.1. The maximum atomic E-state index is 14.4. The van der Waals surface area contributed by atoms with E-state index in [-0.39, 0.29) is 0 Å². The monoisotopic (exact) mass is 324 g/mol. The first-order valence-corrected chi connectivity index (χ1v) is 9.52. The van der Waals surface area contributed by atoms with Gasteiger partial charge in [0.2, 0.25) is 0 Å². The van der Waals surface area contributed by atoms with Crippen LogP contribution < -0.4 is 0 Å². The molecule has 0 nitrogen and oxygen atoms in total. The highest BCUT2D eigenvalue weighted by Gasteiger charge is 2.33. The van der Waals surface area contributed by atoms with E-state index in [1.807, 2.05) is 6.92 Å². The Morgan fingerprint density at radius 1 is 0.875 bits per heavy atom. The predicted octanol–water partition coefficient (Wildman–Crippen LogP) is 7.08. The molecule has 1 heteroatoms. The molecule has 0 amide bonds. The Balaban J connectivity index is 1.67. The minimum absolute atomic E-state index is 0.529. The van der Waals surface area contributed by atoms with Crippen LogP contribution in [0.4, 0.5) is 4.39 Å². The number of halogens is 1. The lowest BCUT2D eigenvalue weighted by molar-refractivity contribution is 0.0940. The number of hydrogen-bond donors (Lipinski definition) is 0. The fourth-order valence-electron chi connectivity index (χ4n) is 3.92. The number of alkyl halides is 1. The Bertz CT molecular complexity index is 631. The third kappa shape index (κ3) is 3.88. The first-order valence-electron chi connectivity index (χ1n) is 9.52. The first-order chi connectivity index (χ1) is 11.6. The lowest BCUT2D eigenvalue weighted by Gasteiger charge is -2.33. The van der Waals surface area contributed by atoms with Gasteiger partial charge in [-0.15, -0.1) is 0 Å². The number of rotatable bonds is 5. The lowest BCUT2D eigenvalue weighted by atomic mass is 9.76. The van der Waals surface area contributed by atoms with Crippen LogP contribution >= 0.6 is 0 Å². The zero-order valence-corrected chi connectivity index (χ0v) is 15.0. The molecular weight excluding hydrogens is 295 g/mol. The highest BCUT2D eigenvalue weighted by molar-refractivity contribution is 5.64. The fourth-order valence-corrected chi connectivity index (χ4v) is 3.92. The van der Waals surface area contributed by atoms with E-state index >= 15 is 0 Å². The molecule has 1 aliphatic rings. The van der Waals surface area contributed by atoms with E-state index < -0.39 is 5.67 Å². The van der Waals surface area contributed by atoms with E-state index in [9.17, 15) is 4.39 Å². The largest absolute Gasteiger partial charge is 0.244 e. The third-order valence-corrected chi connectivity index (χ3v) is 5.72. The molecule has 0 atom stereocenters. The summed E-state index contributed by atoms with van der Waals surface area (Å²) in [5, 5.41) is 0. The highest BCUT2D eigenvalue weighted by Crippen LogP contribution is 2.41. The number of benzene rings is 2. The average molecular weight is 324 g/mol. The van der Waals surface area contributed by atoms with Gasteiger partial charge < -0.3 is 0 Å². The van der Waals surface area contributed by atoms with Gasteiger partial charge in [-0.3, -0.25) is 0 Å². The molecule has 3 rings (SSSR count). The minimum Gasteiger partial charge on any atom is -0.244 e. The van der Waals surface area contributed by atoms with Crippen LogP contribution in [0.2, 0.25) is 0 Å². The van der Waals surface area contributed by atoms with Crippen molar-refractivity contribution < 1.29 is 4.39 Å². The van der Waals surface area contributed by atoms with E-state index in [1.54, 1.807) is 0 Å². The van der Waals surface area contributed by atoms with Gasteiger partial charge in [-0.1, -0.05) is 68.8 Å². The number of aryl methyl sites for hydroxylation is 1. The summed E-state index contributed by atoms with van der Waals surface area (Å²) in [6.07, 6.45) is 6.39. The summed E-state index contributed by atoms with van der Waals surface area (Å²) in [5.41, 5.74) is 4.42. The summed E-state index contributed by atoms with van der Waals surface area (Å²) in [6.45, 7) is 4.19. The van der Waals surface area contributed by atoms with E-state index in [4.69, 9.17) is 0 Å². The molecule has 0 N–H and O–H groups in total. The van der Waals surface area contributed by atoms with Crippen molar-refractivity contribution in [1.82, 2.24) is 0 Å². The van der Waals surface area contributed by atoms with Crippen molar-refractivity contribution in [3.63, 3.8) is 0 Å². The molecule has 0 spiro atoms. The molecule has 24 heavy (non-hydrogen) atoms. The molecule has 0 aliphatic heterocycles. The van der Waals surface area contributed by atoms with E-state index in [0.29, 0.717) is 12.3 Å². The molecule has 0 saturated heterocycles. The lowest BCUT2D eigenvalue weighted by Crippen LogP contribution is -2.27. The molecular formula is C23H29F. The van der Waals surface area contributed by atoms with Crippen LogP contribution in [-0.4, -0.2) is 5.67 Å². The molecule has 0 radical (unpaired) electrons. The van der Waals surface area contributed by atoms with Crippen molar-refractivity contribution in [3.8, 4) is 11.1 Å². The maximum absolute atomic E-state index is 14.4. The second kappa shape index (κ2) is 7.51. The molecule has 1 saturated carbocycles. The minimum atomic E-state index is -0.906. The van der Waals surface area contributed by atoms with Crippen LogP contribution in [0.1, 0.15) is 69.4 Å². The van der Waals surface area contributed by atoms with Crippen LogP contribution in [0.3, 0.4) is 0 Å². The van der Waals surface area contributed by atoms with Gasteiger partial charge in [-0.25, -0.2) is 4.39 Å². The van der Waals surface area contributed by atoms with Crippen LogP contribution in [0.15, 0.2) is 48.5 Å². The Kier molecular flexibility index (Phi) is 5.38. The van der Waals surface area contributed by atoms with Gasteiger partial charge in [0, 0.05) is 0 Å². The van der Waals surface area contributed by atoms with Crippen molar-refractivity contribution >= 4 is 0 Å². The normalized spacial score (nSPS) is 24.0. The van der Waals surface area contributed by atoms with Crippen LogP contribution in [0.5, 0.6) is 0 Å². The van der Waals surface area contributed by atoms with Gasteiger partial charge in [0.1, 0.15) is 5.67 Å². The van der Waals surface area contributed by atoms with Gasteiger partial charge >= 0.3 is 0 Å². The standard InChI is InChI=1S/C23H29F/c1-3-5-18-6-8-19(9-7-18)20-10-12-21(13-11-20)22-14-16-23(24,4-2)17-15-22/h6-13,22H,3-5,14-17H2,1-2H3. The number of hydrogen-bond acceptors (Lipinski definition) is 0. The van der Waals surface area contributed by atoms with E-state index in [2.05, 4.69) is 55.5 Å². The molecule has 0 bridgehead atoms. The zero-order chi connectivity index (χ0) is 17.0. The molecule has 2 aromatic carbocycles. The quantitative estimate of drug-likeness (QED) is 0.551. The molecule has 0 heterocycles. The topological polar surface area (TPSA) is 0 Å². The summed E-state index contributed by atoms with van der Waals surface area (Å²) in [4.78, 5) is 0. The third-order valence-electron chi connectivity index (χ3n) is 5.72. The van der Waals surface area contributed by atoms with Gasteiger partial charge in [-0.05, 0) is 66.7 Å². The Morgan fingerprint density at radius 3 is 1.92 bits per heavy atom. The van der Waals surface area contributed by atoms with Crippen LogP contribution in [0.25, 0.3) is 11.1 Å². The Hall–Kier alpha value is -1.63. The molecule has 1 fully saturated rings. The molecule has 0 unspecified atom stereocenters. The fraction of sp³-hybridized carbons (Fsp3) is 0.478. The summed E-state index contributed by atoms with van der Waals surface area (Å²) >= 11 is 0. The molecule has 0 aromatic heterocycles. The summed E-state index contributed by atoms with van der Waals surface area (Å²) in [6, 6.07) is 17.9. The van der Waals surface area contributed by atoms with Gasteiger partial charge in [0.25, 0.3) is 0 Å². The summed E-state index contributed by atoms with van der Waals surface area (Å²) < 4.78 is 14.4. The summed E-state index contributed by atoms with van der Waals surface area (Å²) in [7, 11) is 0. The second-order valence-electron chi connectivity index (χ2n) is 7.35. The van der Waals surface area contributed by atoms with Gasteiger partial charge in [-0.2, -0.15) is 0 Å². The van der Waals surface area contributed by atoms with Crippen molar-refractivity contribution in [2.75, 3.05) is 0 Å². The summed E-state index contributed by atoms with van der Waals surface area (Å²) in [5.74, 6) is 0.529. The predicted molar refractivity (Wildman–Crippen MR) is 101 cm³/mol. The van der Waals surface area contributed by atoms with Crippen LogP contribution in [-0.2, 0) is 6.42 Å².